The fourth-order valence-electron chi connectivity index (χ4n) is 2.25. The highest BCUT2D eigenvalue weighted by Gasteiger charge is 2.01. The third-order valence-corrected chi connectivity index (χ3v) is 3.75. The number of hydrogen-bond acceptors (Lipinski definition) is 1. The van der Waals surface area contributed by atoms with E-state index in [2.05, 4.69) is 28.2 Å². The molecule has 0 aliphatic carbocycles. The minimum absolute atomic E-state index is 0.754. The molecule has 1 N–H and O–H groups in total. The first-order valence-electron chi connectivity index (χ1n) is 6.46. The van der Waals surface area contributed by atoms with Crippen molar-refractivity contribution in [3.05, 3.63) is 64.8 Å². The topological polar surface area (TPSA) is 17.0 Å². The fourth-order valence-corrected chi connectivity index (χ4v) is 2.56. The second-order valence-electron chi connectivity index (χ2n) is 4.65. The highest BCUT2D eigenvalue weighted by atomic mass is 35.5. The molecule has 0 bridgehead atoms. The van der Waals surface area contributed by atoms with E-state index in [-0.39, 0.29) is 0 Å². The van der Waals surface area contributed by atoms with Gasteiger partial charge in [-0.25, -0.2) is 0 Å². The maximum atomic E-state index is 5.99. The van der Waals surface area contributed by atoms with Gasteiger partial charge in [-0.15, -0.1) is 0 Å². The monoisotopic (exact) mass is 304 g/mol. The van der Waals surface area contributed by atoms with E-state index in [0.29, 0.717) is 0 Å². The molecule has 0 spiro atoms. The third-order valence-electron chi connectivity index (χ3n) is 3.26. The summed E-state index contributed by atoms with van der Waals surface area (Å²) in [5.74, 6) is 0. The van der Waals surface area contributed by atoms with Crippen molar-refractivity contribution in [2.45, 2.75) is 6.54 Å². The van der Waals surface area contributed by atoms with Crippen molar-refractivity contribution < 1.29 is 0 Å². The van der Waals surface area contributed by atoms with Gasteiger partial charge in [-0.3, -0.25) is 0 Å². The lowest BCUT2D eigenvalue weighted by molar-refractivity contribution is 0.757. The van der Waals surface area contributed by atoms with Crippen LogP contribution in [0.5, 0.6) is 0 Å². The zero-order chi connectivity index (χ0) is 13.9. The Labute approximate surface area is 127 Å². The van der Waals surface area contributed by atoms with Gasteiger partial charge in [0.15, 0.2) is 0 Å². The Hall–Kier alpha value is -1.64. The van der Waals surface area contributed by atoms with Crippen LogP contribution in [0.1, 0.15) is 0 Å². The minimum Gasteiger partial charge on any atom is -0.383 e. The van der Waals surface area contributed by atoms with Crippen LogP contribution in [-0.4, -0.2) is 11.1 Å². The largest absolute Gasteiger partial charge is 0.383 e. The number of nitrogens with zero attached hydrogens (tertiary/aromatic N) is 1. The molecule has 0 aliphatic heterocycles. The number of hydrogen-bond donors (Lipinski definition) is 1. The predicted molar refractivity (Wildman–Crippen MR) is 86.9 cm³/mol. The maximum absolute atomic E-state index is 5.99. The van der Waals surface area contributed by atoms with Crippen molar-refractivity contribution in [2.75, 3.05) is 11.9 Å². The van der Waals surface area contributed by atoms with Gasteiger partial charge < -0.3 is 9.88 Å². The van der Waals surface area contributed by atoms with Crippen LogP contribution < -0.4 is 5.32 Å². The smallest absolute Gasteiger partial charge is 0.0481 e. The standard InChI is InChI=1S/C16H14Cl2N2/c17-13-1-4-15(5-2-13)19-8-10-20-9-7-12-11-14(18)3-6-16(12)20/h1-7,9,11,19H,8,10H2. The number of benzene rings is 2. The van der Waals surface area contributed by atoms with Crippen LogP contribution >= 0.6 is 23.2 Å². The number of halogens is 2. The highest BCUT2D eigenvalue weighted by molar-refractivity contribution is 6.31. The van der Waals surface area contributed by atoms with Gasteiger partial charge in [0.25, 0.3) is 0 Å². The quantitative estimate of drug-likeness (QED) is 0.713. The summed E-state index contributed by atoms with van der Waals surface area (Å²) in [6.07, 6.45) is 2.09. The molecule has 2 aromatic carbocycles. The van der Waals surface area contributed by atoms with Gasteiger partial charge >= 0.3 is 0 Å². The molecule has 0 aliphatic rings. The molecule has 0 saturated heterocycles. The van der Waals surface area contributed by atoms with Crippen LogP contribution in [0.25, 0.3) is 10.9 Å². The molecule has 1 aromatic heterocycles. The number of anilines is 1. The van der Waals surface area contributed by atoms with Crippen molar-refractivity contribution in [1.29, 1.82) is 0 Å². The second kappa shape index (κ2) is 5.78. The Balaban J connectivity index is 1.66. The molecule has 2 nitrogen and oxygen atoms in total. The van der Waals surface area contributed by atoms with Crippen LogP contribution in [-0.2, 0) is 6.54 Å². The van der Waals surface area contributed by atoms with E-state index in [1.54, 1.807) is 0 Å². The molecular formula is C16H14Cl2N2. The summed E-state index contributed by atoms with van der Waals surface area (Å²) < 4.78 is 2.22. The Morgan fingerprint density at radius 1 is 0.900 bits per heavy atom. The summed E-state index contributed by atoms with van der Waals surface area (Å²) in [6.45, 7) is 1.75. The van der Waals surface area contributed by atoms with Crippen LogP contribution in [0.4, 0.5) is 5.69 Å². The third kappa shape index (κ3) is 2.92. The van der Waals surface area contributed by atoms with E-state index < -0.39 is 0 Å². The van der Waals surface area contributed by atoms with Crippen molar-refractivity contribution in [2.24, 2.45) is 0 Å². The molecule has 0 radical (unpaired) electrons. The maximum Gasteiger partial charge on any atom is 0.0481 e. The van der Waals surface area contributed by atoms with Gasteiger partial charge in [0.2, 0.25) is 0 Å². The van der Waals surface area contributed by atoms with Gasteiger partial charge in [0.1, 0.15) is 0 Å². The molecule has 20 heavy (non-hydrogen) atoms. The average molecular weight is 305 g/mol. The molecule has 0 fully saturated rings. The molecule has 0 saturated carbocycles. The first kappa shape index (κ1) is 13.3. The molecular weight excluding hydrogens is 291 g/mol. The average Bonchev–Trinajstić information content (AvgIpc) is 2.83. The van der Waals surface area contributed by atoms with Crippen LogP contribution in [0.3, 0.4) is 0 Å². The van der Waals surface area contributed by atoms with Gasteiger partial charge in [0, 0.05) is 45.9 Å². The summed E-state index contributed by atoms with van der Waals surface area (Å²) in [4.78, 5) is 0. The lowest BCUT2D eigenvalue weighted by Gasteiger charge is -2.08. The van der Waals surface area contributed by atoms with Crippen LogP contribution in [0.15, 0.2) is 54.7 Å². The van der Waals surface area contributed by atoms with Crippen molar-refractivity contribution in [3.63, 3.8) is 0 Å². The van der Waals surface area contributed by atoms with Gasteiger partial charge in [-0.1, -0.05) is 23.2 Å². The summed E-state index contributed by atoms with van der Waals surface area (Å²) >= 11 is 11.9. The normalized spacial score (nSPS) is 10.9. The molecule has 3 aromatic rings. The predicted octanol–water partition coefficient (Wildman–Crippen LogP) is 5.06. The lowest BCUT2D eigenvalue weighted by Crippen LogP contribution is -2.09. The van der Waals surface area contributed by atoms with Gasteiger partial charge in [-0.05, 0) is 48.5 Å². The van der Waals surface area contributed by atoms with E-state index in [1.807, 2.05) is 36.4 Å². The molecule has 4 heteroatoms. The molecule has 1 heterocycles. The first-order chi connectivity index (χ1) is 9.72. The first-order valence-corrected chi connectivity index (χ1v) is 7.22. The Bertz CT molecular complexity index is 717. The summed E-state index contributed by atoms with van der Waals surface area (Å²) in [7, 11) is 0. The van der Waals surface area contributed by atoms with Gasteiger partial charge in [0.05, 0.1) is 0 Å². The van der Waals surface area contributed by atoms with E-state index in [4.69, 9.17) is 23.2 Å². The van der Waals surface area contributed by atoms with Crippen molar-refractivity contribution >= 4 is 39.8 Å². The zero-order valence-corrected chi connectivity index (χ0v) is 12.3. The van der Waals surface area contributed by atoms with E-state index in [0.717, 1.165) is 28.8 Å². The Morgan fingerprint density at radius 3 is 2.45 bits per heavy atom. The van der Waals surface area contributed by atoms with E-state index in [1.165, 1.54) is 10.9 Å². The Morgan fingerprint density at radius 2 is 1.65 bits per heavy atom. The van der Waals surface area contributed by atoms with Gasteiger partial charge in [-0.2, -0.15) is 0 Å². The molecule has 3 rings (SSSR count). The zero-order valence-electron chi connectivity index (χ0n) is 10.8. The summed E-state index contributed by atoms with van der Waals surface area (Å²) in [6, 6.07) is 15.8. The number of rotatable bonds is 4. The molecule has 0 atom stereocenters. The molecule has 0 unspecified atom stereocenters. The molecule has 102 valence electrons. The lowest BCUT2D eigenvalue weighted by atomic mass is 10.2. The number of fused-ring (bicyclic) bond motifs is 1. The second-order valence-corrected chi connectivity index (χ2v) is 5.52. The number of nitrogens with one attached hydrogen (secondary N) is 1. The fraction of sp³-hybridized carbons (Fsp3) is 0.125. The summed E-state index contributed by atoms with van der Waals surface area (Å²) in [5, 5.41) is 6.08. The SMILES string of the molecule is Clc1ccc(NCCn2ccc3cc(Cl)ccc32)cc1. The number of aromatic nitrogens is 1. The Kier molecular flexibility index (Phi) is 3.86. The van der Waals surface area contributed by atoms with E-state index in [9.17, 15) is 0 Å². The van der Waals surface area contributed by atoms with Crippen LogP contribution in [0, 0.1) is 0 Å². The van der Waals surface area contributed by atoms with E-state index >= 15 is 0 Å². The minimum atomic E-state index is 0.754. The summed E-state index contributed by atoms with van der Waals surface area (Å²) in [5.41, 5.74) is 2.28. The van der Waals surface area contributed by atoms with Crippen molar-refractivity contribution in [1.82, 2.24) is 4.57 Å². The van der Waals surface area contributed by atoms with Crippen LogP contribution in [0.2, 0.25) is 10.0 Å². The highest BCUT2D eigenvalue weighted by Crippen LogP contribution is 2.20. The molecule has 0 amide bonds. The van der Waals surface area contributed by atoms with Crippen molar-refractivity contribution in [3.8, 4) is 0 Å².